The predicted octanol–water partition coefficient (Wildman–Crippen LogP) is 4.49. The maximum Gasteiger partial charge on any atom is 0.123 e. The Bertz CT molecular complexity index is 545. The molecule has 18 heavy (non-hydrogen) atoms. The number of hydrogen-bond acceptors (Lipinski definition) is 2. The number of rotatable bonds is 4. The first-order valence-electron chi connectivity index (χ1n) is 5.52. The van der Waals surface area contributed by atoms with E-state index in [9.17, 15) is 4.39 Å². The quantitative estimate of drug-likeness (QED) is 0.836. The Hall–Kier alpha value is -1.19. The molecule has 4 heteroatoms. The van der Waals surface area contributed by atoms with Crippen LogP contribution >= 0.6 is 23.4 Å². The summed E-state index contributed by atoms with van der Waals surface area (Å²) in [6.07, 6.45) is 0. The van der Waals surface area contributed by atoms with Crippen molar-refractivity contribution in [3.63, 3.8) is 0 Å². The molecule has 0 aliphatic carbocycles. The van der Waals surface area contributed by atoms with Crippen molar-refractivity contribution in [2.24, 2.45) is 0 Å². The van der Waals surface area contributed by atoms with Crippen LogP contribution in [0.25, 0.3) is 0 Å². The van der Waals surface area contributed by atoms with Crippen LogP contribution in [0, 0.1) is 5.82 Å². The van der Waals surface area contributed by atoms with E-state index in [1.165, 1.54) is 12.1 Å². The third kappa shape index (κ3) is 3.40. The number of halogens is 2. The van der Waals surface area contributed by atoms with Crippen molar-refractivity contribution < 1.29 is 4.39 Å². The first-order valence-corrected chi connectivity index (χ1v) is 7.05. The molecule has 0 heterocycles. The van der Waals surface area contributed by atoms with Gasteiger partial charge in [-0.3, -0.25) is 0 Å². The second-order valence-corrected chi connectivity index (χ2v) is 5.32. The molecule has 2 N–H and O–H groups in total. The molecule has 0 aliphatic rings. The molecule has 0 bridgehead atoms. The van der Waals surface area contributed by atoms with Crippen LogP contribution in [0.5, 0.6) is 0 Å². The summed E-state index contributed by atoms with van der Waals surface area (Å²) >= 11 is 7.73. The van der Waals surface area contributed by atoms with Gasteiger partial charge in [-0.1, -0.05) is 29.8 Å². The molecule has 0 aromatic heterocycles. The molecule has 0 atom stereocenters. The van der Waals surface area contributed by atoms with Gasteiger partial charge in [0.2, 0.25) is 0 Å². The van der Waals surface area contributed by atoms with Crippen LogP contribution in [0.15, 0.2) is 42.5 Å². The highest BCUT2D eigenvalue weighted by molar-refractivity contribution is 7.97. The smallest absolute Gasteiger partial charge is 0.123 e. The SMILES string of the molecule is Nc1ccc(F)cc1CSCc1ccccc1Cl. The fraction of sp³-hybridized carbons (Fsp3) is 0.143. The Morgan fingerprint density at radius 1 is 1.06 bits per heavy atom. The molecule has 2 aromatic rings. The van der Waals surface area contributed by atoms with Crippen molar-refractivity contribution in [3.8, 4) is 0 Å². The second kappa shape index (κ2) is 6.12. The number of thioether (sulfide) groups is 1. The van der Waals surface area contributed by atoms with Crippen LogP contribution in [-0.2, 0) is 11.5 Å². The minimum absolute atomic E-state index is 0.252. The summed E-state index contributed by atoms with van der Waals surface area (Å²) in [5, 5.41) is 0.761. The first-order chi connectivity index (χ1) is 8.66. The number of nitrogen functional groups attached to an aromatic ring is 1. The van der Waals surface area contributed by atoms with Crippen LogP contribution in [0.3, 0.4) is 0 Å². The molecular weight excluding hydrogens is 269 g/mol. The van der Waals surface area contributed by atoms with E-state index in [1.807, 2.05) is 24.3 Å². The fourth-order valence-corrected chi connectivity index (χ4v) is 2.91. The van der Waals surface area contributed by atoms with Crippen molar-refractivity contribution in [2.45, 2.75) is 11.5 Å². The molecule has 0 spiro atoms. The van der Waals surface area contributed by atoms with Crippen LogP contribution < -0.4 is 5.73 Å². The molecule has 0 radical (unpaired) electrons. The maximum absolute atomic E-state index is 13.1. The predicted molar refractivity (Wildman–Crippen MR) is 77.3 cm³/mol. The zero-order valence-electron chi connectivity index (χ0n) is 9.70. The molecule has 94 valence electrons. The van der Waals surface area contributed by atoms with Gasteiger partial charge < -0.3 is 5.73 Å². The van der Waals surface area contributed by atoms with Gasteiger partial charge >= 0.3 is 0 Å². The van der Waals surface area contributed by atoms with E-state index < -0.39 is 0 Å². The zero-order valence-corrected chi connectivity index (χ0v) is 11.3. The summed E-state index contributed by atoms with van der Waals surface area (Å²) in [5.41, 5.74) is 8.33. The lowest BCUT2D eigenvalue weighted by molar-refractivity contribution is 0.627. The van der Waals surface area contributed by atoms with Gasteiger partial charge in [0.25, 0.3) is 0 Å². The molecule has 0 saturated heterocycles. The lowest BCUT2D eigenvalue weighted by atomic mass is 10.2. The monoisotopic (exact) mass is 281 g/mol. The maximum atomic E-state index is 13.1. The number of benzene rings is 2. The third-order valence-corrected chi connectivity index (χ3v) is 3.98. The van der Waals surface area contributed by atoms with Gasteiger partial charge in [-0.05, 0) is 35.4 Å². The summed E-state index contributed by atoms with van der Waals surface area (Å²) in [6.45, 7) is 0. The van der Waals surface area contributed by atoms with Crippen molar-refractivity contribution in [1.29, 1.82) is 0 Å². The number of anilines is 1. The van der Waals surface area contributed by atoms with E-state index in [4.69, 9.17) is 17.3 Å². The molecule has 2 rings (SSSR count). The molecule has 1 nitrogen and oxygen atoms in total. The summed E-state index contributed by atoms with van der Waals surface area (Å²) < 4.78 is 13.1. The van der Waals surface area contributed by atoms with E-state index >= 15 is 0 Å². The molecule has 0 saturated carbocycles. The van der Waals surface area contributed by atoms with Gasteiger partial charge in [-0.25, -0.2) is 4.39 Å². The Morgan fingerprint density at radius 3 is 2.56 bits per heavy atom. The van der Waals surface area contributed by atoms with E-state index in [0.717, 1.165) is 21.9 Å². The Balaban J connectivity index is 1.96. The van der Waals surface area contributed by atoms with Crippen molar-refractivity contribution in [1.82, 2.24) is 0 Å². The molecule has 2 aromatic carbocycles. The minimum Gasteiger partial charge on any atom is -0.398 e. The van der Waals surface area contributed by atoms with E-state index in [1.54, 1.807) is 17.8 Å². The number of hydrogen-bond donors (Lipinski definition) is 1. The largest absolute Gasteiger partial charge is 0.398 e. The fourth-order valence-electron chi connectivity index (χ4n) is 1.59. The van der Waals surface area contributed by atoms with E-state index in [2.05, 4.69) is 0 Å². The van der Waals surface area contributed by atoms with Gasteiger partial charge in [-0.15, -0.1) is 0 Å². The average molecular weight is 282 g/mol. The number of nitrogens with two attached hydrogens (primary N) is 1. The lowest BCUT2D eigenvalue weighted by Gasteiger charge is -2.07. The Labute approximate surface area is 115 Å². The molecule has 0 unspecified atom stereocenters. The van der Waals surface area contributed by atoms with Crippen LogP contribution in [0.2, 0.25) is 5.02 Å². The van der Waals surface area contributed by atoms with Crippen molar-refractivity contribution >= 4 is 29.1 Å². The zero-order chi connectivity index (χ0) is 13.0. The van der Waals surface area contributed by atoms with Crippen LogP contribution in [0.4, 0.5) is 10.1 Å². The minimum atomic E-state index is -0.252. The summed E-state index contributed by atoms with van der Waals surface area (Å²) in [5.74, 6) is 1.21. The standard InChI is InChI=1S/C14H13ClFNS/c15-13-4-2-1-3-10(13)8-18-9-11-7-12(16)5-6-14(11)17/h1-7H,8-9,17H2. The highest BCUT2D eigenvalue weighted by Crippen LogP contribution is 2.25. The van der Waals surface area contributed by atoms with Gasteiger partial charge in [0, 0.05) is 22.2 Å². The van der Waals surface area contributed by atoms with Gasteiger partial charge in [0.05, 0.1) is 0 Å². The normalized spacial score (nSPS) is 10.6. The van der Waals surface area contributed by atoms with E-state index in [-0.39, 0.29) is 5.82 Å². The molecule has 0 aliphatic heterocycles. The van der Waals surface area contributed by atoms with Gasteiger partial charge in [0.15, 0.2) is 0 Å². The third-order valence-electron chi connectivity index (χ3n) is 2.58. The first kappa shape index (κ1) is 13.2. The van der Waals surface area contributed by atoms with Gasteiger partial charge in [0.1, 0.15) is 5.82 Å². The van der Waals surface area contributed by atoms with Crippen molar-refractivity contribution in [3.05, 3.63) is 64.4 Å². The highest BCUT2D eigenvalue weighted by Gasteiger charge is 2.03. The molecular formula is C14H13ClFNS. The summed E-state index contributed by atoms with van der Waals surface area (Å²) in [4.78, 5) is 0. The lowest BCUT2D eigenvalue weighted by Crippen LogP contribution is -1.94. The highest BCUT2D eigenvalue weighted by atomic mass is 35.5. The van der Waals surface area contributed by atoms with E-state index in [0.29, 0.717) is 11.4 Å². The average Bonchev–Trinajstić information content (AvgIpc) is 2.36. The summed E-state index contributed by atoms with van der Waals surface area (Å²) in [6, 6.07) is 12.2. The second-order valence-electron chi connectivity index (χ2n) is 3.93. The molecule has 0 fully saturated rings. The van der Waals surface area contributed by atoms with Crippen LogP contribution in [-0.4, -0.2) is 0 Å². The summed E-state index contributed by atoms with van der Waals surface area (Å²) in [7, 11) is 0. The van der Waals surface area contributed by atoms with Crippen LogP contribution in [0.1, 0.15) is 11.1 Å². The molecule has 0 amide bonds. The Morgan fingerprint density at radius 2 is 1.78 bits per heavy atom. The topological polar surface area (TPSA) is 26.0 Å². The van der Waals surface area contributed by atoms with Crippen molar-refractivity contribution in [2.75, 3.05) is 5.73 Å². The van der Waals surface area contributed by atoms with Gasteiger partial charge in [-0.2, -0.15) is 11.8 Å². The Kier molecular flexibility index (Phi) is 4.50.